The van der Waals surface area contributed by atoms with Gasteiger partial charge in [0.15, 0.2) is 0 Å². The number of rotatable bonds is 3. The molecular weight excluding hydrogens is 494 g/mol. The minimum absolute atomic E-state index is 0.0584. The highest BCUT2D eigenvalue weighted by Crippen LogP contribution is 2.46. The third-order valence-corrected chi connectivity index (χ3v) is 7.85. The molecule has 0 bridgehead atoms. The summed E-state index contributed by atoms with van der Waals surface area (Å²) < 4.78 is 7.74. The van der Waals surface area contributed by atoms with Crippen molar-refractivity contribution in [3.63, 3.8) is 0 Å². The van der Waals surface area contributed by atoms with Crippen LogP contribution in [0, 0.1) is 0 Å². The van der Waals surface area contributed by atoms with Crippen molar-refractivity contribution < 1.29 is 14.3 Å². The number of benzene rings is 2. The number of nitrogens with zero attached hydrogens (tertiary/aromatic N) is 2. The number of aromatic nitrogens is 1. The molecule has 0 atom stereocenters. The van der Waals surface area contributed by atoms with E-state index in [1.165, 1.54) is 48.7 Å². The zero-order valence-electron chi connectivity index (χ0n) is 22.1. The molecule has 0 radical (unpaired) electrons. The number of hydrogen-bond acceptors (Lipinski definition) is 4. The Morgan fingerprint density at radius 2 is 1.76 bits per heavy atom. The second-order valence-electron chi connectivity index (χ2n) is 10.3. The van der Waals surface area contributed by atoms with E-state index in [2.05, 4.69) is 47.5 Å². The van der Waals surface area contributed by atoms with Gasteiger partial charge in [-0.05, 0) is 53.8 Å². The average Bonchev–Trinajstić information content (AvgIpc) is 3.16. The van der Waals surface area contributed by atoms with E-state index in [0.717, 1.165) is 28.0 Å². The number of amides is 2. The van der Waals surface area contributed by atoms with E-state index < -0.39 is 5.91 Å². The molecule has 6 nitrogen and oxygen atoms in total. The molecular formula is C31H37N3O3S. The fourth-order valence-corrected chi connectivity index (χ4v) is 6.13. The Morgan fingerprint density at radius 1 is 1.05 bits per heavy atom. The number of hydrogen-bond donors (Lipinski definition) is 2. The Balaban J connectivity index is 0.000000937. The second-order valence-corrected chi connectivity index (χ2v) is 10.9. The van der Waals surface area contributed by atoms with Crippen LogP contribution in [0.5, 0.6) is 0 Å². The lowest BCUT2D eigenvalue weighted by Crippen LogP contribution is -2.41. The van der Waals surface area contributed by atoms with E-state index >= 15 is 0 Å². The summed E-state index contributed by atoms with van der Waals surface area (Å²) in [5.41, 5.74) is 12.7. The minimum atomic E-state index is -0.434. The van der Waals surface area contributed by atoms with Crippen LogP contribution in [0.25, 0.3) is 28.2 Å². The summed E-state index contributed by atoms with van der Waals surface area (Å²) in [7, 11) is 0. The molecule has 2 amide bonds. The predicted molar refractivity (Wildman–Crippen MR) is 157 cm³/mol. The van der Waals surface area contributed by atoms with E-state index in [9.17, 15) is 9.59 Å². The predicted octanol–water partition coefficient (Wildman–Crippen LogP) is 5.65. The Bertz CT molecular complexity index is 1360. The van der Waals surface area contributed by atoms with E-state index in [4.69, 9.17) is 10.5 Å². The van der Waals surface area contributed by atoms with E-state index in [-0.39, 0.29) is 5.91 Å². The molecule has 2 aliphatic heterocycles. The van der Waals surface area contributed by atoms with Crippen molar-refractivity contribution in [1.29, 1.82) is 0 Å². The van der Waals surface area contributed by atoms with E-state index in [1.807, 2.05) is 30.0 Å². The smallest absolute Gasteiger partial charge is 0.251 e. The molecule has 0 unspecified atom stereocenters. The van der Waals surface area contributed by atoms with Crippen molar-refractivity contribution >= 4 is 41.4 Å². The first-order valence-corrected chi connectivity index (χ1v) is 14.4. The SMILES string of the molecule is CCS.NC(=O)c1ccc2c(C3CCCCC3)c3n(c2c1)CC(C(=O)N1CCOCC1)=Cc1ccccc1-3. The first kappa shape index (κ1) is 26.6. The van der Waals surface area contributed by atoms with Crippen LogP contribution >= 0.6 is 12.6 Å². The molecule has 2 aromatic carbocycles. The Labute approximate surface area is 230 Å². The number of ether oxygens (including phenoxy) is 1. The summed E-state index contributed by atoms with van der Waals surface area (Å²) in [5.74, 6) is 1.03. The molecule has 6 rings (SSSR count). The largest absolute Gasteiger partial charge is 0.378 e. The van der Waals surface area contributed by atoms with Gasteiger partial charge in [-0.25, -0.2) is 0 Å². The third kappa shape index (κ3) is 5.14. The lowest BCUT2D eigenvalue weighted by atomic mass is 9.81. The summed E-state index contributed by atoms with van der Waals surface area (Å²) in [6.07, 6.45) is 8.15. The van der Waals surface area contributed by atoms with Crippen molar-refractivity contribution in [2.45, 2.75) is 51.5 Å². The van der Waals surface area contributed by atoms with Gasteiger partial charge >= 0.3 is 0 Å². The fraction of sp³-hybridized carbons (Fsp3) is 0.419. The van der Waals surface area contributed by atoms with Gasteiger partial charge in [-0.1, -0.05) is 56.5 Å². The molecule has 0 spiro atoms. The fourth-order valence-electron chi connectivity index (χ4n) is 6.13. The Morgan fingerprint density at radius 3 is 2.47 bits per heavy atom. The van der Waals surface area contributed by atoms with Crippen LogP contribution in [0.15, 0.2) is 48.0 Å². The van der Waals surface area contributed by atoms with Gasteiger partial charge in [0.25, 0.3) is 5.91 Å². The zero-order chi connectivity index (χ0) is 26.6. The molecule has 200 valence electrons. The van der Waals surface area contributed by atoms with Crippen molar-refractivity contribution in [3.05, 3.63) is 64.7 Å². The summed E-state index contributed by atoms with van der Waals surface area (Å²) >= 11 is 3.79. The lowest BCUT2D eigenvalue weighted by molar-refractivity contribution is -0.131. The summed E-state index contributed by atoms with van der Waals surface area (Å²) in [6, 6.07) is 14.2. The van der Waals surface area contributed by atoms with Crippen molar-refractivity contribution in [2.24, 2.45) is 5.73 Å². The number of carbonyl (C=O) groups excluding carboxylic acids is 2. The maximum absolute atomic E-state index is 13.7. The van der Waals surface area contributed by atoms with Crippen molar-refractivity contribution in [2.75, 3.05) is 32.1 Å². The quantitative estimate of drug-likeness (QED) is 0.429. The monoisotopic (exact) mass is 531 g/mol. The van der Waals surface area contributed by atoms with Crippen molar-refractivity contribution in [1.82, 2.24) is 9.47 Å². The molecule has 7 heteroatoms. The molecule has 38 heavy (non-hydrogen) atoms. The number of thiol groups is 1. The molecule has 1 aliphatic carbocycles. The summed E-state index contributed by atoms with van der Waals surface area (Å²) in [5, 5.41) is 1.17. The lowest BCUT2D eigenvalue weighted by Gasteiger charge is -2.28. The molecule has 1 saturated heterocycles. The summed E-state index contributed by atoms with van der Waals surface area (Å²) in [4.78, 5) is 27.6. The highest BCUT2D eigenvalue weighted by Gasteiger charge is 2.31. The number of primary amides is 1. The maximum atomic E-state index is 13.7. The first-order chi connectivity index (χ1) is 18.5. The number of morpholine rings is 1. The van der Waals surface area contributed by atoms with Gasteiger partial charge in [-0.3, -0.25) is 9.59 Å². The highest BCUT2D eigenvalue weighted by molar-refractivity contribution is 7.80. The number of fused-ring (bicyclic) bond motifs is 5. The molecule has 1 aromatic heterocycles. The second kappa shape index (κ2) is 11.8. The molecule has 3 aliphatic rings. The Hall–Kier alpha value is -3.03. The van der Waals surface area contributed by atoms with E-state index in [0.29, 0.717) is 44.3 Å². The third-order valence-electron chi connectivity index (χ3n) is 7.85. The van der Waals surface area contributed by atoms with Gasteiger partial charge in [0.2, 0.25) is 5.91 Å². The topological polar surface area (TPSA) is 77.6 Å². The average molecular weight is 532 g/mol. The normalized spacial score (nSPS) is 17.5. The van der Waals surface area contributed by atoms with Gasteiger partial charge < -0.3 is 19.9 Å². The standard InChI is InChI=1S/C29H31N3O3.C2H6S/c30-28(33)21-10-11-24-25(17-21)32-18-22(29(34)31-12-14-35-15-13-31)16-20-8-4-5-9-23(20)27(32)26(24)19-6-2-1-3-7-19;1-2-3/h4-5,8-11,16-17,19H,1-3,6-7,12-15,18H2,(H2,30,33);3H,2H2,1H3. The van der Waals surface area contributed by atoms with Gasteiger partial charge in [0.1, 0.15) is 0 Å². The van der Waals surface area contributed by atoms with Crippen LogP contribution in [0.2, 0.25) is 0 Å². The minimum Gasteiger partial charge on any atom is -0.378 e. The van der Waals surface area contributed by atoms with Crippen LogP contribution in [-0.2, 0) is 16.1 Å². The zero-order valence-corrected chi connectivity index (χ0v) is 23.0. The first-order valence-electron chi connectivity index (χ1n) is 13.8. The molecule has 2 N–H and O–H groups in total. The van der Waals surface area contributed by atoms with Gasteiger partial charge in [0, 0.05) is 40.7 Å². The van der Waals surface area contributed by atoms with Crippen LogP contribution in [0.3, 0.4) is 0 Å². The Kier molecular flexibility index (Phi) is 8.24. The molecule has 3 aromatic rings. The van der Waals surface area contributed by atoms with E-state index in [1.54, 1.807) is 0 Å². The molecule has 3 heterocycles. The summed E-state index contributed by atoms with van der Waals surface area (Å²) in [6.45, 7) is 4.81. The van der Waals surface area contributed by atoms with Crippen LogP contribution in [-0.4, -0.2) is 53.3 Å². The molecule has 1 saturated carbocycles. The highest BCUT2D eigenvalue weighted by atomic mass is 32.1. The maximum Gasteiger partial charge on any atom is 0.251 e. The number of carbonyl (C=O) groups is 2. The van der Waals surface area contributed by atoms with Gasteiger partial charge in [-0.15, -0.1) is 0 Å². The van der Waals surface area contributed by atoms with Gasteiger partial charge in [0.05, 0.1) is 25.5 Å². The van der Waals surface area contributed by atoms with Crippen LogP contribution in [0.4, 0.5) is 0 Å². The molecule has 2 fully saturated rings. The number of nitrogens with two attached hydrogens (primary N) is 1. The van der Waals surface area contributed by atoms with Crippen molar-refractivity contribution in [3.8, 4) is 11.3 Å². The van der Waals surface area contributed by atoms with Crippen LogP contribution < -0.4 is 5.73 Å². The van der Waals surface area contributed by atoms with Crippen LogP contribution in [0.1, 0.15) is 66.4 Å². The van der Waals surface area contributed by atoms with Gasteiger partial charge in [-0.2, -0.15) is 12.6 Å².